The average molecular weight is 598 g/mol. The summed E-state index contributed by atoms with van der Waals surface area (Å²) in [7, 11) is -3.18. The van der Waals surface area contributed by atoms with E-state index in [1.807, 2.05) is 27.7 Å². The summed E-state index contributed by atoms with van der Waals surface area (Å²) in [6.07, 6.45) is 3.17. The van der Waals surface area contributed by atoms with Crippen molar-refractivity contribution in [2.75, 3.05) is 0 Å². The molecule has 4 aromatic rings. The average Bonchev–Trinajstić information content (AvgIpc) is 3.57. The smallest absolute Gasteiger partial charge is 0.503 e. The third kappa shape index (κ3) is 7.36. The Morgan fingerprint density at radius 1 is 0.682 bits per heavy atom. The van der Waals surface area contributed by atoms with Gasteiger partial charge in [0, 0.05) is 17.2 Å². The molecule has 0 unspecified atom stereocenters. The van der Waals surface area contributed by atoms with Gasteiger partial charge in [-0.3, -0.25) is 4.79 Å². The van der Waals surface area contributed by atoms with Crippen LogP contribution >= 0.6 is 0 Å². The first-order valence-corrected chi connectivity index (χ1v) is 14.4. The molecule has 0 aliphatic rings. The molecule has 0 aliphatic carbocycles. The number of nitrogens with one attached hydrogen (secondary N) is 2. The van der Waals surface area contributed by atoms with Crippen LogP contribution < -0.4 is 0 Å². The van der Waals surface area contributed by atoms with Crippen LogP contribution in [0.4, 0.5) is 17.4 Å². The molecule has 2 aromatic heterocycles. The number of aromatic amines is 2. The fourth-order valence-electron chi connectivity index (χ4n) is 5.14. The SMILES string of the molecule is CCc1c(C#Cc2ccc(F)cc2)[nH]c(C(=O)/C=C(\OB(F)F)c2[nH]c(C#Cc3ccc(F)cc3)c(CC)c2CC)c1CC. The minimum absolute atomic E-state index is 0.236. The number of hydrogen-bond acceptors (Lipinski definition) is 2. The van der Waals surface area contributed by atoms with Gasteiger partial charge in [0.1, 0.15) is 17.4 Å². The Morgan fingerprint density at radius 2 is 1.09 bits per heavy atom. The van der Waals surface area contributed by atoms with Crippen molar-refractivity contribution in [2.24, 2.45) is 0 Å². The van der Waals surface area contributed by atoms with Gasteiger partial charge in [-0.2, -0.15) is 0 Å². The second-order valence-corrected chi connectivity index (χ2v) is 9.84. The number of benzene rings is 2. The number of ketones is 1. The maximum atomic E-state index is 13.7. The minimum Gasteiger partial charge on any atom is -0.503 e. The molecule has 0 saturated carbocycles. The maximum absolute atomic E-state index is 13.7. The van der Waals surface area contributed by atoms with E-state index in [1.54, 1.807) is 24.3 Å². The number of carbonyl (C=O) groups excluding carboxylic acids is 1. The first-order valence-electron chi connectivity index (χ1n) is 14.4. The van der Waals surface area contributed by atoms with Gasteiger partial charge in [-0.05, 0) is 108 Å². The van der Waals surface area contributed by atoms with E-state index in [0.717, 1.165) is 22.8 Å². The van der Waals surface area contributed by atoms with Crippen LogP contribution in [0.1, 0.15) is 88.6 Å². The fourth-order valence-corrected chi connectivity index (χ4v) is 5.14. The molecule has 0 saturated heterocycles. The van der Waals surface area contributed by atoms with Crippen LogP contribution in [0.5, 0.6) is 0 Å². The molecule has 0 bridgehead atoms. The van der Waals surface area contributed by atoms with Crippen molar-refractivity contribution >= 4 is 19.0 Å². The topological polar surface area (TPSA) is 57.9 Å². The van der Waals surface area contributed by atoms with Crippen LogP contribution in [-0.4, -0.2) is 23.2 Å². The van der Waals surface area contributed by atoms with E-state index in [9.17, 15) is 22.2 Å². The normalized spacial score (nSPS) is 11.0. The molecule has 0 atom stereocenters. The monoisotopic (exact) mass is 598 g/mol. The van der Waals surface area contributed by atoms with Crippen LogP contribution in [0.25, 0.3) is 5.76 Å². The first-order chi connectivity index (χ1) is 21.2. The lowest BCUT2D eigenvalue weighted by molar-refractivity contribution is 0.104. The number of aromatic nitrogens is 2. The van der Waals surface area contributed by atoms with Crippen molar-refractivity contribution in [3.63, 3.8) is 0 Å². The van der Waals surface area contributed by atoms with Crippen molar-refractivity contribution < 1.29 is 26.9 Å². The van der Waals surface area contributed by atoms with E-state index in [0.29, 0.717) is 53.8 Å². The zero-order valence-corrected chi connectivity index (χ0v) is 24.9. The molecular formula is C35H31BF4N2O2. The highest BCUT2D eigenvalue weighted by Gasteiger charge is 2.27. The van der Waals surface area contributed by atoms with Crippen molar-refractivity contribution in [1.29, 1.82) is 0 Å². The molecule has 44 heavy (non-hydrogen) atoms. The molecule has 0 radical (unpaired) electrons. The van der Waals surface area contributed by atoms with Gasteiger partial charge in [-0.15, -0.1) is 0 Å². The quantitative estimate of drug-likeness (QED) is 0.0515. The second-order valence-electron chi connectivity index (χ2n) is 9.84. The molecule has 0 amide bonds. The summed E-state index contributed by atoms with van der Waals surface area (Å²) in [5.41, 5.74) is 5.80. The van der Waals surface area contributed by atoms with Gasteiger partial charge >= 0.3 is 7.47 Å². The lowest BCUT2D eigenvalue weighted by Crippen LogP contribution is -2.09. The summed E-state index contributed by atoms with van der Waals surface area (Å²) in [4.78, 5) is 19.9. The Hall–Kier alpha value is -4.89. The van der Waals surface area contributed by atoms with Crippen LogP contribution in [-0.2, 0) is 30.3 Å². The van der Waals surface area contributed by atoms with Crippen molar-refractivity contribution in [1.82, 2.24) is 9.97 Å². The predicted octanol–water partition coefficient (Wildman–Crippen LogP) is 7.83. The Balaban J connectivity index is 1.79. The van der Waals surface area contributed by atoms with Gasteiger partial charge < -0.3 is 14.6 Å². The fraction of sp³-hybridized carbons (Fsp3) is 0.229. The second kappa shape index (κ2) is 14.5. The lowest BCUT2D eigenvalue weighted by atomic mass is 10.00. The van der Waals surface area contributed by atoms with E-state index in [2.05, 4.69) is 33.6 Å². The third-order valence-electron chi connectivity index (χ3n) is 7.17. The summed E-state index contributed by atoms with van der Waals surface area (Å²) in [5, 5.41) is 0. The first kappa shape index (κ1) is 32.0. The Morgan fingerprint density at radius 3 is 1.50 bits per heavy atom. The standard InChI is InChI=1S/C35H31BF4N2O2/c1-5-26-28(7-3)34(41-30(26)19-13-22-9-15-24(37)16-10-22)32(43)21-33(44-36(39)40)35-29(8-4)27(6-2)31(42-35)20-14-23-11-17-25(38)18-12-23/h9-12,15-18,21,41-42H,5-8H2,1-4H3/b33-21-. The highest BCUT2D eigenvalue weighted by atomic mass is 19.2. The highest BCUT2D eigenvalue weighted by molar-refractivity contribution is 6.36. The summed E-state index contributed by atoms with van der Waals surface area (Å²) in [6.45, 7) is 7.64. The molecule has 4 rings (SSSR count). The zero-order valence-electron chi connectivity index (χ0n) is 24.9. The maximum Gasteiger partial charge on any atom is 0.796 e. The van der Waals surface area contributed by atoms with Gasteiger partial charge in [-0.1, -0.05) is 39.5 Å². The molecule has 2 N–H and O–H groups in total. The molecule has 4 nitrogen and oxygen atoms in total. The van der Waals surface area contributed by atoms with Crippen molar-refractivity contribution in [3.8, 4) is 23.7 Å². The molecule has 0 fully saturated rings. The molecule has 0 aliphatic heterocycles. The van der Waals surface area contributed by atoms with E-state index < -0.39 is 13.3 Å². The summed E-state index contributed by atoms with van der Waals surface area (Å²) in [5.74, 6) is 10.4. The number of halogens is 4. The van der Waals surface area contributed by atoms with Crippen molar-refractivity contribution in [3.05, 3.63) is 122 Å². The highest BCUT2D eigenvalue weighted by Crippen LogP contribution is 2.29. The van der Waals surface area contributed by atoms with Gasteiger partial charge in [0.2, 0.25) is 5.78 Å². The lowest BCUT2D eigenvalue weighted by Gasteiger charge is -2.10. The summed E-state index contributed by atoms with van der Waals surface area (Å²) >= 11 is 0. The third-order valence-corrected chi connectivity index (χ3v) is 7.17. The van der Waals surface area contributed by atoms with Crippen LogP contribution in [0, 0.1) is 35.3 Å². The van der Waals surface area contributed by atoms with Gasteiger partial charge in [0.05, 0.1) is 22.8 Å². The molecule has 224 valence electrons. The van der Waals surface area contributed by atoms with Crippen LogP contribution in [0.3, 0.4) is 0 Å². The number of rotatable bonds is 9. The van der Waals surface area contributed by atoms with Gasteiger partial charge in [-0.25, -0.2) is 17.4 Å². The number of hydrogen-bond donors (Lipinski definition) is 2. The van der Waals surface area contributed by atoms with Gasteiger partial charge in [0.15, 0.2) is 0 Å². The number of carbonyl (C=O) groups is 1. The molecule has 9 heteroatoms. The van der Waals surface area contributed by atoms with E-state index >= 15 is 0 Å². The minimum atomic E-state index is -3.18. The molecule has 2 aromatic carbocycles. The Labute approximate surface area is 255 Å². The summed E-state index contributed by atoms with van der Waals surface area (Å²) in [6, 6.07) is 11.5. The summed E-state index contributed by atoms with van der Waals surface area (Å²) < 4.78 is 59.0. The molecular weight excluding hydrogens is 567 g/mol. The van der Waals surface area contributed by atoms with Crippen LogP contribution in [0.15, 0.2) is 54.6 Å². The largest absolute Gasteiger partial charge is 0.796 e. The van der Waals surface area contributed by atoms with Crippen LogP contribution in [0.2, 0.25) is 0 Å². The van der Waals surface area contributed by atoms with E-state index in [-0.39, 0.29) is 28.8 Å². The Kier molecular flexibility index (Phi) is 10.6. The number of H-pyrrole nitrogens is 2. The molecule has 0 spiro atoms. The number of allylic oxidation sites excluding steroid dienone is 1. The van der Waals surface area contributed by atoms with E-state index in [4.69, 9.17) is 4.65 Å². The van der Waals surface area contributed by atoms with E-state index in [1.165, 1.54) is 24.3 Å². The predicted molar refractivity (Wildman–Crippen MR) is 165 cm³/mol. The zero-order chi connectivity index (χ0) is 31.8. The van der Waals surface area contributed by atoms with Gasteiger partial charge in [0.25, 0.3) is 0 Å². The Bertz CT molecular complexity index is 1800. The van der Waals surface area contributed by atoms with Crippen molar-refractivity contribution in [2.45, 2.75) is 53.4 Å². The molecule has 2 heterocycles.